The van der Waals surface area contributed by atoms with E-state index in [9.17, 15) is 0 Å². The number of oxazole rings is 1. The van der Waals surface area contributed by atoms with E-state index < -0.39 is 0 Å². The van der Waals surface area contributed by atoms with Crippen LogP contribution in [0.15, 0.2) is 33.3 Å². The predicted octanol–water partition coefficient (Wildman–Crippen LogP) is 3.34. The first kappa shape index (κ1) is 9.55. The van der Waals surface area contributed by atoms with E-state index in [0.29, 0.717) is 10.8 Å². The van der Waals surface area contributed by atoms with Gasteiger partial charge in [0.2, 0.25) is 0 Å². The number of nitrogen functional groups attached to an aromatic ring is 1. The Morgan fingerprint density at radius 2 is 2.21 bits per heavy atom. The number of halogens is 2. The largest absolute Gasteiger partial charge is 0.424 e. The lowest BCUT2D eigenvalue weighted by molar-refractivity contribution is 0.594. The van der Waals surface area contributed by atoms with E-state index >= 15 is 0 Å². The monoisotopic (exact) mass is 272 g/mol. The molecule has 0 spiro atoms. The number of nitrogens with zero attached hydrogens (tertiary/aromatic N) is 1. The Hall–Kier alpha value is -1.000. The third kappa shape index (κ3) is 1.63. The standard InChI is InChI=1S/C9H6BrClN2O/c10-5-2-1-3-6(11)8(5)7-4-13-9(12)14-7/h1-4H,(H2,12,13). The Morgan fingerprint density at radius 1 is 1.43 bits per heavy atom. The molecule has 0 aliphatic heterocycles. The molecule has 3 nitrogen and oxygen atoms in total. The molecule has 0 aliphatic carbocycles. The Morgan fingerprint density at radius 3 is 2.79 bits per heavy atom. The van der Waals surface area contributed by atoms with Crippen molar-refractivity contribution < 1.29 is 4.42 Å². The normalized spacial score (nSPS) is 10.4. The molecular weight excluding hydrogens is 267 g/mol. The number of anilines is 1. The summed E-state index contributed by atoms with van der Waals surface area (Å²) < 4.78 is 6.03. The van der Waals surface area contributed by atoms with Gasteiger partial charge in [0.05, 0.1) is 16.8 Å². The van der Waals surface area contributed by atoms with Gasteiger partial charge < -0.3 is 10.2 Å². The molecule has 0 aliphatic rings. The van der Waals surface area contributed by atoms with Gasteiger partial charge in [0.25, 0.3) is 6.01 Å². The van der Waals surface area contributed by atoms with Gasteiger partial charge in [-0.3, -0.25) is 0 Å². The van der Waals surface area contributed by atoms with Gasteiger partial charge in [-0.25, -0.2) is 4.98 Å². The summed E-state index contributed by atoms with van der Waals surface area (Å²) in [5, 5.41) is 0.593. The molecule has 2 N–H and O–H groups in total. The summed E-state index contributed by atoms with van der Waals surface area (Å²) in [6.07, 6.45) is 1.54. The van der Waals surface area contributed by atoms with Crippen molar-refractivity contribution in [2.75, 3.05) is 5.73 Å². The summed E-state index contributed by atoms with van der Waals surface area (Å²) in [7, 11) is 0. The summed E-state index contributed by atoms with van der Waals surface area (Å²) in [5.41, 5.74) is 6.14. The Balaban J connectivity index is 2.61. The Labute approximate surface area is 94.0 Å². The zero-order valence-electron chi connectivity index (χ0n) is 7.00. The van der Waals surface area contributed by atoms with E-state index in [0.717, 1.165) is 10.0 Å². The average Bonchev–Trinajstić information content (AvgIpc) is 2.51. The maximum atomic E-state index is 6.01. The van der Waals surface area contributed by atoms with Crippen LogP contribution < -0.4 is 5.73 Å². The maximum Gasteiger partial charge on any atom is 0.292 e. The molecule has 0 bridgehead atoms. The number of rotatable bonds is 1. The lowest BCUT2D eigenvalue weighted by Crippen LogP contribution is -1.80. The molecule has 0 amide bonds. The first-order chi connectivity index (χ1) is 6.68. The van der Waals surface area contributed by atoms with E-state index in [1.165, 1.54) is 0 Å². The molecule has 2 aromatic rings. The quantitative estimate of drug-likeness (QED) is 0.867. The van der Waals surface area contributed by atoms with Crippen LogP contribution in [0, 0.1) is 0 Å². The van der Waals surface area contributed by atoms with Crippen molar-refractivity contribution in [3.05, 3.63) is 33.9 Å². The minimum atomic E-state index is 0.131. The Kier molecular flexibility index (Phi) is 2.48. The molecular formula is C9H6BrClN2O. The lowest BCUT2D eigenvalue weighted by Gasteiger charge is -2.01. The molecule has 0 saturated carbocycles. The molecule has 2 rings (SSSR count). The highest BCUT2D eigenvalue weighted by Gasteiger charge is 2.11. The van der Waals surface area contributed by atoms with E-state index in [1.807, 2.05) is 12.1 Å². The third-order valence-electron chi connectivity index (χ3n) is 1.73. The second-order valence-electron chi connectivity index (χ2n) is 2.66. The number of hydrogen-bond acceptors (Lipinski definition) is 3. The lowest BCUT2D eigenvalue weighted by atomic mass is 10.2. The van der Waals surface area contributed by atoms with Crippen LogP contribution in [0.2, 0.25) is 5.02 Å². The minimum absolute atomic E-state index is 0.131. The van der Waals surface area contributed by atoms with Gasteiger partial charge in [-0.1, -0.05) is 17.7 Å². The smallest absolute Gasteiger partial charge is 0.292 e. The molecule has 14 heavy (non-hydrogen) atoms. The van der Waals surface area contributed by atoms with Crippen LogP contribution in [0.5, 0.6) is 0 Å². The Bertz CT molecular complexity index is 449. The highest BCUT2D eigenvalue weighted by molar-refractivity contribution is 9.10. The first-order valence-corrected chi connectivity index (χ1v) is 5.01. The summed E-state index contributed by atoms with van der Waals surface area (Å²) in [6, 6.07) is 5.63. The highest BCUT2D eigenvalue weighted by atomic mass is 79.9. The van der Waals surface area contributed by atoms with E-state index in [4.69, 9.17) is 21.8 Å². The van der Waals surface area contributed by atoms with Gasteiger partial charge in [0.15, 0.2) is 5.76 Å². The SMILES string of the molecule is Nc1ncc(-c2c(Cl)cccc2Br)o1. The molecule has 0 unspecified atom stereocenters. The van der Waals surface area contributed by atoms with Gasteiger partial charge in [-0.15, -0.1) is 0 Å². The average molecular weight is 274 g/mol. The fourth-order valence-corrected chi connectivity index (χ4v) is 2.08. The van der Waals surface area contributed by atoms with Crippen LogP contribution in [-0.2, 0) is 0 Å². The number of nitrogens with two attached hydrogens (primary N) is 1. The van der Waals surface area contributed by atoms with E-state index in [-0.39, 0.29) is 6.01 Å². The number of aromatic nitrogens is 1. The first-order valence-electron chi connectivity index (χ1n) is 3.84. The number of benzene rings is 1. The molecule has 0 radical (unpaired) electrons. The molecule has 0 fully saturated rings. The van der Waals surface area contributed by atoms with Crippen molar-refractivity contribution in [2.45, 2.75) is 0 Å². The fraction of sp³-hybridized carbons (Fsp3) is 0. The van der Waals surface area contributed by atoms with Crippen LogP contribution >= 0.6 is 27.5 Å². The van der Waals surface area contributed by atoms with Crippen LogP contribution in [0.4, 0.5) is 6.01 Å². The summed E-state index contributed by atoms with van der Waals surface area (Å²) in [6.45, 7) is 0. The van der Waals surface area contributed by atoms with Gasteiger partial charge >= 0.3 is 0 Å². The molecule has 0 saturated heterocycles. The second-order valence-corrected chi connectivity index (χ2v) is 3.92. The predicted molar refractivity (Wildman–Crippen MR) is 59.1 cm³/mol. The second kappa shape index (κ2) is 3.63. The highest BCUT2D eigenvalue weighted by Crippen LogP contribution is 2.35. The molecule has 72 valence electrons. The van der Waals surface area contributed by atoms with Gasteiger partial charge in [0, 0.05) is 4.47 Å². The zero-order chi connectivity index (χ0) is 10.1. The van der Waals surface area contributed by atoms with Crippen LogP contribution in [0.1, 0.15) is 0 Å². The van der Waals surface area contributed by atoms with Crippen molar-refractivity contribution in [1.82, 2.24) is 4.98 Å². The van der Waals surface area contributed by atoms with E-state index in [1.54, 1.807) is 12.3 Å². The van der Waals surface area contributed by atoms with E-state index in [2.05, 4.69) is 20.9 Å². The topological polar surface area (TPSA) is 52.0 Å². The van der Waals surface area contributed by atoms with Crippen molar-refractivity contribution in [2.24, 2.45) is 0 Å². The van der Waals surface area contributed by atoms with Crippen molar-refractivity contribution >= 4 is 33.5 Å². The summed E-state index contributed by atoms with van der Waals surface area (Å²) in [5.74, 6) is 0.556. The van der Waals surface area contributed by atoms with Crippen molar-refractivity contribution in [3.63, 3.8) is 0 Å². The van der Waals surface area contributed by atoms with Crippen LogP contribution in [-0.4, -0.2) is 4.98 Å². The van der Waals surface area contributed by atoms with Crippen LogP contribution in [0.3, 0.4) is 0 Å². The van der Waals surface area contributed by atoms with Crippen molar-refractivity contribution in [1.29, 1.82) is 0 Å². The summed E-state index contributed by atoms with van der Waals surface area (Å²) >= 11 is 9.39. The fourth-order valence-electron chi connectivity index (χ4n) is 1.14. The summed E-state index contributed by atoms with van der Waals surface area (Å²) in [4.78, 5) is 3.81. The van der Waals surface area contributed by atoms with Gasteiger partial charge in [-0.2, -0.15) is 0 Å². The molecule has 1 heterocycles. The molecule has 1 aromatic heterocycles. The van der Waals surface area contributed by atoms with Crippen LogP contribution in [0.25, 0.3) is 11.3 Å². The molecule has 5 heteroatoms. The van der Waals surface area contributed by atoms with Crippen molar-refractivity contribution in [3.8, 4) is 11.3 Å². The third-order valence-corrected chi connectivity index (χ3v) is 2.71. The molecule has 0 atom stereocenters. The minimum Gasteiger partial charge on any atom is -0.424 e. The van der Waals surface area contributed by atoms with Gasteiger partial charge in [0.1, 0.15) is 0 Å². The molecule has 1 aromatic carbocycles. The maximum absolute atomic E-state index is 6.01. The van der Waals surface area contributed by atoms with Gasteiger partial charge in [-0.05, 0) is 28.1 Å². The number of hydrogen-bond donors (Lipinski definition) is 1. The zero-order valence-corrected chi connectivity index (χ0v) is 9.34.